The number of hydrogen-bond donors (Lipinski definition) is 3. The Bertz CT molecular complexity index is 1930. The molecule has 2 aromatic carbocycles. The number of fused-ring (bicyclic) bond motifs is 1. The molecule has 1 atom stereocenters. The van der Waals surface area contributed by atoms with Crippen molar-refractivity contribution in [2.45, 2.75) is 36.3 Å². The Morgan fingerprint density at radius 3 is 1.85 bits per heavy atom. The van der Waals surface area contributed by atoms with Gasteiger partial charge in [0.15, 0.2) is 24.1 Å². The lowest BCUT2D eigenvalue weighted by molar-refractivity contribution is -0.369. The molecule has 0 aliphatic carbocycles. The van der Waals surface area contributed by atoms with Crippen LogP contribution < -0.4 is 40.4 Å². The number of sulfonamides is 1. The molecular formula is C27H27F9N4O11PS2+. The maximum absolute atomic E-state index is 15.6. The first-order chi connectivity index (χ1) is 24.9. The van der Waals surface area contributed by atoms with Crippen LogP contribution in [0.5, 0.6) is 17.2 Å². The van der Waals surface area contributed by atoms with E-state index in [-0.39, 0.29) is 40.2 Å². The number of carboxylic acids is 2. The number of carbonyl (C=O) groups is 2. The maximum atomic E-state index is 15.6. The molecule has 3 aromatic rings. The Hall–Kier alpha value is -4.51. The molecule has 3 rings (SSSR count). The Morgan fingerprint density at radius 2 is 1.43 bits per heavy atom. The number of hydrogen-bond acceptors (Lipinski definition) is 13. The zero-order valence-electron chi connectivity index (χ0n) is 27.2. The van der Waals surface area contributed by atoms with Gasteiger partial charge in [-0.15, -0.1) is 11.3 Å². The molecule has 1 heterocycles. The van der Waals surface area contributed by atoms with E-state index in [2.05, 4.69) is 11.5 Å². The molecule has 0 amide bonds. The minimum Gasteiger partial charge on any atom is -0.542 e. The number of rotatable bonds is 15. The molecular weight excluding hydrogens is 822 g/mol. The molecule has 0 saturated carbocycles. The quantitative estimate of drug-likeness (QED) is 0.0841. The van der Waals surface area contributed by atoms with Crippen LogP contribution in [0.4, 0.5) is 39.5 Å². The second-order valence-electron chi connectivity index (χ2n) is 9.68. The van der Waals surface area contributed by atoms with Gasteiger partial charge in [0.05, 0.1) is 36.6 Å². The monoisotopic (exact) mass is 849 g/mol. The lowest BCUT2D eigenvalue weighted by Gasteiger charge is -2.15. The summed E-state index contributed by atoms with van der Waals surface area (Å²) < 4.78 is 168. The third-order valence-electron chi connectivity index (χ3n) is 5.78. The highest BCUT2D eigenvalue weighted by Crippen LogP contribution is 2.46. The van der Waals surface area contributed by atoms with Crippen molar-refractivity contribution in [3.05, 3.63) is 46.8 Å². The van der Waals surface area contributed by atoms with E-state index in [0.717, 1.165) is 12.1 Å². The number of ether oxygens (including phenoxy) is 2. The van der Waals surface area contributed by atoms with Crippen LogP contribution in [0.15, 0.2) is 22.4 Å². The molecule has 300 valence electrons. The highest BCUT2D eigenvalue weighted by atomic mass is 32.2. The van der Waals surface area contributed by atoms with Gasteiger partial charge in [0.2, 0.25) is 11.5 Å². The summed E-state index contributed by atoms with van der Waals surface area (Å²) in [5.74, 6) is -10.00. The van der Waals surface area contributed by atoms with Gasteiger partial charge in [-0.1, -0.05) is 4.52 Å². The average Bonchev–Trinajstić information content (AvgIpc) is 3.42. The summed E-state index contributed by atoms with van der Waals surface area (Å²) in [5, 5.41) is 26.0. The Morgan fingerprint density at radius 1 is 0.944 bits per heavy atom. The number of carbonyl (C=O) groups excluding carboxylic acids is 2. The van der Waals surface area contributed by atoms with Gasteiger partial charge in [0.25, 0.3) is 10.0 Å². The van der Waals surface area contributed by atoms with Gasteiger partial charge in [0, 0.05) is 28.9 Å². The molecule has 0 radical (unpaired) electrons. The van der Waals surface area contributed by atoms with Crippen molar-refractivity contribution in [3.63, 3.8) is 0 Å². The minimum atomic E-state index is -5.19. The lowest BCUT2D eigenvalue weighted by Crippen LogP contribution is -2.50. The molecule has 0 aliphatic rings. The molecule has 27 heteroatoms. The van der Waals surface area contributed by atoms with Gasteiger partial charge in [-0.25, -0.2) is 26.1 Å². The van der Waals surface area contributed by atoms with Crippen LogP contribution in [0.25, 0.3) is 10.1 Å². The number of aryl methyl sites for hydroxylation is 1. The predicted octanol–water partition coefficient (Wildman–Crippen LogP) is 1.11. The highest BCUT2D eigenvalue weighted by Gasteiger charge is 2.32. The molecule has 7 N–H and O–H groups in total. The molecule has 1 aromatic heterocycles. The van der Waals surface area contributed by atoms with E-state index in [1.54, 1.807) is 6.07 Å². The van der Waals surface area contributed by atoms with Crippen LogP contribution in [-0.4, -0.2) is 65.7 Å². The van der Waals surface area contributed by atoms with E-state index in [0.29, 0.717) is 37.3 Å². The van der Waals surface area contributed by atoms with E-state index in [1.165, 1.54) is 13.0 Å². The summed E-state index contributed by atoms with van der Waals surface area (Å²) in [4.78, 5) is 17.6. The van der Waals surface area contributed by atoms with Crippen LogP contribution in [0.1, 0.15) is 24.0 Å². The number of alkyl halides is 6. The van der Waals surface area contributed by atoms with Crippen LogP contribution >= 0.6 is 19.6 Å². The topological polar surface area (TPSA) is 259 Å². The Labute approximate surface area is 303 Å². The number of benzene rings is 2. The fourth-order valence-electron chi connectivity index (χ4n) is 3.37. The SMILES string of the molecule is Cc1c(S(=O)(=O)NCO[P+](=O)Oc2ccc(C#N)c(F)c2)sc2c(F)c(OCCC[NH3+])c(OCCC[NH3+])c(F)c12.O=C([O-])C(F)(F)F.O=C([O-])C(F)(F)F. The van der Waals surface area contributed by atoms with E-state index in [1.807, 2.05) is 4.72 Å². The normalized spacial score (nSPS) is 11.7. The zero-order chi connectivity index (χ0) is 41.6. The minimum absolute atomic E-state index is 0.0413. The summed E-state index contributed by atoms with van der Waals surface area (Å²) in [5.41, 5.74) is 7.03. The predicted molar refractivity (Wildman–Crippen MR) is 160 cm³/mol. The number of nitriles is 1. The van der Waals surface area contributed by atoms with Crippen LogP contribution in [0.3, 0.4) is 0 Å². The first-order valence-corrected chi connectivity index (χ1v) is 17.7. The van der Waals surface area contributed by atoms with Crippen LogP contribution in [0.2, 0.25) is 0 Å². The van der Waals surface area contributed by atoms with Gasteiger partial charge >= 0.3 is 20.6 Å². The number of thiophene rings is 1. The summed E-state index contributed by atoms with van der Waals surface area (Å²) in [6, 6.07) is 4.72. The number of halogens is 9. The van der Waals surface area contributed by atoms with E-state index < -0.39 is 82.5 Å². The first-order valence-electron chi connectivity index (χ1n) is 14.3. The van der Waals surface area contributed by atoms with Crippen molar-refractivity contribution >= 4 is 51.6 Å². The number of nitrogens with one attached hydrogen (secondary N) is 1. The molecule has 1 unspecified atom stereocenters. The van der Waals surface area contributed by atoms with Crippen molar-refractivity contribution in [1.29, 1.82) is 5.26 Å². The van der Waals surface area contributed by atoms with Gasteiger partial charge < -0.3 is 40.7 Å². The van der Waals surface area contributed by atoms with E-state index in [4.69, 9.17) is 43.6 Å². The third-order valence-corrected chi connectivity index (χ3v) is 9.75. The van der Waals surface area contributed by atoms with Crippen molar-refractivity contribution in [2.24, 2.45) is 0 Å². The summed E-state index contributed by atoms with van der Waals surface area (Å²) in [6.07, 6.45) is -9.45. The maximum Gasteiger partial charge on any atom is 0.751 e. The van der Waals surface area contributed by atoms with E-state index in [9.17, 15) is 43.7 Å². The van der Waals surface area contributed by atoms with Crippen molar-refractivity contribution in [1.82, 2.24) is 4.72 Å². The molecule has 0 fully saturated rings. The third kappa shape index (κ3) is 14.0. The summed E-state index contributed by atoms with van der Waals surface area (Å²) >= 11 is 0.478. The summed E-state index contributed by atoms with van der Waals surface area (Å²) in [6.45, 7) is 1.55. The second kappa shape index (κ2) is 20.8. The molecule has 0 saturated heterocycles. The number of carboxylic acid groups (broad SMARTS) is 2. The van der Waals surface area contributed by atoms with E-state index >= 15 is 8.78 Å². The highest BCUT2D eigenvalue weighted by molar-refractivity contribution is 7.91. The number of nitrogens with zero attached hydrogens (tertiary/aromatic N) is 1. The molecule has 15 nitrogen and oxygen atoms in total. The standard InChI is InChI=1S/C23H25F3N4O7PS2.2C2HF3O2/c1-13-17-18(25)20(34-8-2-6-27)21(35-9-3-7-28)19(26)22(17)39-23(13)40(32,33)30-12-36-38(31)37-15-5-4-14(11-29)16(24)10-15;2*3-2(4,5)1(6)7/h4-5,10,30H,2-3,6-9,12,27-28H2,1H3;2*(H,6,7)/q+1;;. The van der Waals surface area contributed by atoms with Gasteiger partial charge in [0.1, 0.15) is 28.0 Å². The van der Waals surface area contributed by atoms with Crippen LogP contribution in [-0.2, 0) is 28.7 Å². The fraction of sp³-hybridized carbons (Fsp3) is 0.370. The Balaban J connectivity index is 0.000000879. The van der Waals surface area contributed by atoms with Crippen LogP contribution in [0, 0.1) is 35.7 Å². The molecule has 0 spiro atoms. The van der Waals surface area contributed by atoms with Gasteiger partial charge in [-0.2, -0.15) is 36.3 Å². The molecule has 0 bridgehead atoms. The fourth-order valence-corrected chi connectivity index (χ4v) is 6.65. The Kier molecular flexibility index (Phi) is 18.3. The first kappa shape index (κ1) is 47.5. The zero-order valence-corrected chi connectivity index (χ0v) is 29.7. The van der Waals surface area contributed by atoms with Crippen molar-refractivity contribution in [2.75, 3.05) is 33.0 Å². The summed E-state index contributed by atoms with van der Waals surface area (Å²) in [7, 11) is -7.36. The van der Waals surface area contributed by atoms with Crippen molar-refractivity contribution in [3.8, 4) is 23.3 Å². The van der Waals surface area contributed by atoms with Gasteiger partial charge in [-0.3, -0.25) is 0 Å². The van der Waals surface area contributed by atoms with Crippen molar-refractivity contribution < 1.29 is 102 Å². The average molecular weight is 850 g/mol. The lowest BCUT2D eigenvalue weighted by atomic mass is 10.1. The molecule has 0 aliphatic heterocycles. The molecule has 54 heavy (non-hydrogen) atoms. The number of quaternary nitrogens is 2. The second-order valence-corrected chi connectivity index (χ2v) is 13.5. The largest absolute Gasteiger partial charge is 0.751 e. The van der Waals surface area contributed by atoms with Gasteiger partial charge in [-0.05, 0) is 24.6 Å². The number of aliphatic carboxylic acids is 2. The smallest absolute Gasteiger partial charge is 0.542 e.